The summed E-state index contributed by atoms with van der Waals surface area (Å²) in [6.45, 7) is 0. The van der Waals surface area contributed by atoms with Crippen LogP contribution < -0.4 is 5.32 Å². The molecule has 0 aliphatic heterocycles. The Morgan fingerprint density at radius 3 is 2.50 bits per heavy atom. The van der Waals surface area contributed by atoms with Crippen LogP contribution >= 0.6 is 0 Å². The molecule has 0 saturated carbocycles. The molecule has 8 nitrogen and oxygen atoms in total. The smallest absolute Gasteiger partial charge is 0.326 e. The van der Waals surface area contributed by atoms with Crippen LogP contribution in [0.25, 0.3) is 0 Å². The molecule has 0 aliphatic carbocycles. The summed E-state index contributed by atoms with van der Waals surface area (Å²) in [5.74, 6) is -1.12. The molecule has 1 atom stereocenters. The van der Waals surface area contributed by atoms with Crippen LogP contribution in [0.2, 0.25) is 0 Å². The Bertz CT molecular complexity index is 811. The molecule has 24 heavy (non-hydrogen) atoms. The second-order valence-corrected chi connectivity index (χ2v) is 5.01. The van der Waals surface area contributed by atoms with Gasteiger partial charge in [0.15, 0.2) is 0 Å². The zero-order valence-corrected chi connectivity index (χ0v) is 12.3. The van der Waals surface area contributed by atoms with Crippen LogP contribution in [0.3, 0.4) is 0 Å². The van der Waals surface area contributed by atoms with Gasteiger partial charge in [-0.25, -0.2) is 4.79 Å². The lowest BCUT2D eigenvalue weighted by Gasteiger charge is -2.16. The molecule has 0 aromatic heterocycles. The van der Waals surface area contributed by atoms with Crippen molar-refractivity contribution < 1.29 is 19.9 Å². The molecule has 1 unspecified atom stereocenters. The maximum atomic E-state index is 11.4. The Kier molecular flexibility index (Phi) is 4.96. The van der Waals surface area contributed by atoms with Crippen molar-refractivity contribution in [3.05, 3.63) is 63.7 Å². The highest BCUT2D eigenvalue weighted by Crippen LogP contribution is 2.26. The first-order valence-corrected chi connectivity index (χ1v) is 6.86. The van der Waals surface area contributed by atoms with Gasteiger partial charge < -0.3 is 15.5 Å². The van der Waals surface area contributed by atoms with Crippen molar-refractivity contribution in [2.75, 3.05) is 5.32 Å². The lowest BCUT2D eigenvalue weighted by atomic mass is 10.0. The average molecular weight is 327 g/mol. The molecule has 0 fully saturated rings. The molecule has 2 aromatic carbocycles. The highest BCUT2D eigenvalue weighted by Gasteiger charge is 2.23. The van der Waals surface area contributed by atoms with Crippen molar-refractivity contribution in [2.24, 2.45) is 0 Å². The molecule has 0 amide bonds. The molecular formula is C16H13N3O5. The van der Waals surface area contributed by atoms with E-state index in [1.165, 1.54) is 24.3 Å². The number of carboxylic acid groups (broad SMARTS) is 1. The third-order valence-electron chi connectivity index (χ3n) is 3.33. The Morgan fingerprint density at radius 1 is 1.29 bits per heavy atom. The number of hydrogen-bond acceptors (Lipinski definition) is 6. The molecule has 0 bridgehead atoms. The maximum absolute atomic E-state index is 11.4. The summed E-state index contributed by atoms with van der Waals surface area (Å²) in [6, 6.07) is 10.4. The lowest BCUT2D eigenvalue weighted by Crippen LogP contribution is -2.31. The fourth-order valence-corrected chi connectivity index (χ4v) is 2.13. The number of nitro benzene ring substituents is 1. The van der Waals surface area contributed by atoms with E-state index in [9.17, 15) is 25.1 Å². The van der Waals surface area contributed by atoms with Gasteiger partial charge in [0.25, 0.3) is 5.69 Å². The number of hydrogen-bond donors (Lipinski definition) is 3. The van der Waals surface area contributed by atoms with Gasteiger partial charge >= 0.3 is 5.97 Å². The van der Waals surface area contributed by atoms with Crippen molar-refractivity contribution in [3.63, 3.8) is 0 Å². The van der Waals surface area contributed by atoms with Gasteiger partial charge in [-0.2, -0.15) is 5.26 Å². The molecule has 0 spiro atoms. The number of phenolic OH excluding ortho intramolecular Hbond substituents is 1. The third-order valence-corrected chi connectivity index (χ3v) is 3.33. The number of aromatic hydroxyl groups is 1. The van der Waals surface area contributed by atoms with Crippen molar-refractivity contribution in [3.8, 4) is 11.8 Å². The Morgan fingerprint density at radius 2 is 1.96 bits per heavy atom. The molecule has 122 valence electrons. The van der Waals surface area contributed by atoms with E-state index in [1.807, 2.05) is 0 Å². The van der Waals surface area contributed by atoms with Crippen LogP contribution in [-0.4, -0.2) is 27.1 Å². The topological polar surface area (TPSA) is 136 Å². The Balaban J connectivity index is 2.28. The first kappa shape index (κ1) is 16.8. The molecule has 0 saturated heterocycles. The molecule has 3 N–H and O–H groups in total. The minimum atomic E-state index is -1.18. The summed E-state index contributed by atoms with van der Waals surface area (Å²) in [5, 5.41) is 41.2. The van der Waals surface area contributed by atoms with E-state index in [0.29, 0.717) is 5.56 Å². The normalized spacial score (nSPS) is 11.3. The predicted molar refractivity (Wildman–Crippen MR) is 84.7 cm³/mol. The number of carbonyl (C=O) groups is 1. The Labute approximate surface area is 136 Å². The summed E-state index contributed by atoms with van der Waals surface area (Å²) in [6.07, 6.45) is 0.0623. The van der Waals surface area contributed by atoms with Crippen LogP contribution in [0.15, 0.2) is 42.5 Å². The molecule has 0 radical (unpaired) electrons. The van der Waals surface area contributed by atoms with E-state index in [2.05, 4.69) is 5.32 Å². The number of anilines is 1. The van der Waals surface area contributed by atoms with Gasteiger partial charge in [-0.05, 0) is 29.8 Å². The van der Waals surface area contributed by atoms with Crippen molar-refractivity contribution >= 4 is 17.3 Å². The van der Waals surface area contributed by atoms with Crippen molar-refractivity contribution in [1.82, 2.24) is 0 Å². The summed E-state index contributed by atoms with van der Waals surface area (Å²) in [5.41, 5.74) is 0.401. The highest BCUT2D eigenvalue weighted by atomic mass is 16.6. The molecule has 2 rings (SSSR count). The monoisotopic (exact) mass is 327 g/mol. The Hall–Kier alpha value is -3.60. The van der Waals surface area contributed by atoms with E-state index in [4.69, 9.17) is 5.26 Å². The average Bonchev–Trinajstić information content (AvgIpc) is 2.56. The van der Waals surface area contributed by atoms with Gasteiger partial charge in [0, 0.05) is 12.5 Å². The second kappa shape index (κ2) is 7.11. The van der Waals surface area contributed by atoms with E-state index in [-0.39, 0.29) is 29.1 Å². The largest absolute Gasteiger partial charge is 0.508 e. The molecule has 8 heteroatoms. The van der Waals surface area contributed by atoms with E-state index < -0.39 is 16.9 Å². The second-order valence-electron chi connectivity index (χ2n) is 5.01. The van der Waals surface area contributed by atoms with Gasteiger partial charge in [-0.15, -0.1) is 0 Å². The molecule has 0 heterocycles. The number of nitriles is 1. The zero-order valence-electron chi connectivity index (χ0n) is 12.3. The van der Waals surface area contributed by atoms with Crippen molar-refractivity contribution in [1.29, 1.82) is 5.26 Å². The zero-order chi connectivity index (χ0) is 17.7. The number of nitrogens with one attached hydrogen (secondary N) is 1. The number of nitrogens with zero attached hydrogens (tertiary/aromatic N) is 2. The van der Waals surface area contributed by atoms with Crippen LogP contribution in [0, 0.1) is 21.4 Å². The summed E-state index contributed by atoms with van der Waals surface area (Å²) < 4.78 is 0. The SMILES string of the molecule is N#Cc1ccc(NC(Cc2ccc(O)cc2)C(=O)O)c([N+](=O)[O-])c1. The predicted octanol–water partition coefficient (Wildman–Crippen LogP) is 2.28. The van der Waals surface area contributed by atoms with Gasteiger partial charge in [0.1, 0.15) is 17.5 Å². The maximum Gasteiger partial charge on any atom is 0.326 e. The van der Waals surface area contributed by atoms with Crippen LogP contribution in [0.1, 0.15) is 11.1 Å². The molecular weight excluding hydrogens is 314 g/mol. The summed E-state index contributed by atoms with van der Waals surface area (Å²) in [7, 11) is 0. The van der Waals surface area contributed by atoms with Crippen molar-refractivity contribution in [2.45, 2.75) is 12.5 Å². The summed E-state index contributed by atoms with van der Waals surface area (Å²) in [4.78, 5) is 21.9. The number of benzene rings is 2. The minimum absolute atomic E-state index is 0.0187. The number of rotatable bonds is 6. The third kappa shape index (κ3) is 3.98. The van der Waals surface area contributed by atoms with Crippen LogP contribution in [-0.2, 0) is 11.2 Å². The molecule has 2 aromatic rings. The van der Waals surface area contributed by atoms with E-state index in [1.54, 1.807) is 18.2 Å². The standard InChI is InChI=1S/C16H13N3O5/c17-9-11-3-6-13(15(8-11)19(23)24)18-14(16(21)22)7-10-1-4-12(20)5-2-10/h1-6,8,14,18,20H,7H2,(H,21,22). The van der Waals surface area contributed by atoms with E-state index >= 15 is 0 Å². The van der Waals surface area contributed by atoms with E-state index in [0.717, 1.165) is 6.07 Å². The summed E-state index contributed by atoms with van der Waals surface area (Å²) >= 11 is 0. The quantitative estimate of drug-likeness (QED) is 0.546. The number of aliphatic carboxylic acids is 1. The first-order chi connectivity index (χ1) is 11.4. The number of phenols is 1. The van der Waals surface area contributed by atoms with Crippen LogP contribution in [0.5, 0.6) is 5.75 Å². The minimum Gasteiger partial charge on any atom is -0.508 e. The number of carboxylic acids is 1. The number of nitro groups is 1. The highest BCUT2D eigenvalue weighted by molar-refractivity contribution is 5.79. The lowest BCUT2D eigenvalue weighted by molar-refractivity contribution is -0.384. The van der Waals surface area contributed by atoms with Gasteiger partial charge in [-0.1, -0.05) is 12.1 Å². The van der Waals surface area contributed by atoms with Gasteiger partial charge in [0.05, 0.1) is 16.6 Å². The fourth-order valence-electron chi connectivity index (χ4n) is 2.13. The molecule has 0 aliphatic rings. The first-order valence-electron chi connectivity index (χ1n) is 6.86. The fraction of sp³-hybridized carbons (Fsp3) is 0.125. The van der Waals surface area contributed by atoms with Crippen LogP contribution in [0.4, 0.5) is 11.4 Å². The van der Waals surface area contributed by atoms with Gasteiger partial charge in [0.2, 0.25) is 0 Å². The van der Waals surface area contributed by atoms with Gasteiger partial charge in [-0.3, -0.25) is 10.1 Å².